The van der Waals surface area contributed by atoms with Crippen LogP contribution >= 0.6 is 0 Å². The number of anilines is 1. The molecule has 1 aromatic rings. The van der Waals surface area contributed by atoms with Crippen molar-refractivity contribution < 1.29 is 0 Å². The van der Waals surface area contributed by atoms with E-state index in [9.17, 15) is 4.79 Å². The Morgan fingerprint density at radius 1 is 1.47 bits per heavy atom. The summed E-state index contributed by atoms with van der Waals surface area (Å²) >= 11 is 0. The van der Waals surface area contributed by atoms with E-state index < -0.39 is 5.69 Å². The number of nitrogens with one attached hydrogen (secondary N) is 2. The molecule has 0 radical (unpaired) electrons. The van der Waals surface area contributed by atoms with Crippen LogP contribution < -0.4 is 11.0 Å². The van der Waals surface area contributed by atoms with Crippen LogP contribution in [0.3, 0.4) is 0 Å². The number of rotatable bonds is 3. The molecule has 1 heterocycles. The maximum atomic E-state index is 11.2. The fourth-order valence-electron chi connectivity index (χ4n) is 2.25. The van der Waals surface area contributed by atoms with Crippen LogP contribution in [0.5, 0.6) is 0 Å². The number of hydrogen-bond acceptors (Lipinski definition) is 4. The third-order valence-corrected chi connectivity index (χ3v) is 3.16. The van der Waals surface area contributed by atoms with Crippen molar-refractivity contribution in [3.63, 3.8) is 0 Å². The summed E-state index contributed by atoms with van der Waals surface area (Å²) in [5.74, 6) is 1.16. The second-order valence-electron chi connectivity index (χ2n) is 4.48. The van der Waals surface area contributed by atoms with E-state index in [1.54, 1.807) is 6.07 Å². The molecule has 0 amide bonds. The van der Waals surface area contributed by atoms with E-state index in [4.69, 9.17) is 5.26 Å². The zero-order valence-electron chi connectivity index (χ0n) is 9.70. The molecule has 5 nitrogen and oxygen atoms in total. The van der Waals surface area contributed by atoms with Crippen molar-refractivity contribution in [2.75, 3.05) is 11.9 Å². The second-order valence-corrected chi connectivity index (χ2v) is 4.48. The van der Waals surface area contributed by atoms with E-state index in [-0.39, 0.29) is 5.69 Å². The number of H-pyrrole nitrogens is 1. The van der Waals surface area contributed by atoms with E-state index >= 15 is 0 Å². The number of aromatic nitrogens is 2. The Labute approximate surface area is 99.9 Å². The first-order valence-corrected chi connectivity index (χ1v) is 6.03. The minimum Gasteiger partial charge on any atom is -0.370 e. The van der Waals surface area contributed by atoms with Gasteiger partial charge in [0, 0.05) is 12.6 Å². The average Bonchev–Trinajstić information content (AvgIpc) is 2.37. The molecule has 1 aliphatic rings. The van der Waals surface area contributed by atoms with Crippen LogP contribution in [0.1, 0.15) is 37.8 Å². The topological polar surface area (TPSA) is 81.6 Å². The standard InChI is InChI=1S/C12H16N4O/c13-7-10-6-11(16-12(17)15-10)14-8-9-4-2-1-3-5-9/h6,9H,1-5,8H2,(H2,14,15,16,17). The van der Waals surface area contributed by atoms with Crippen LogP contribution in [0.4, 0.5) is 5.82 Å². The van der Waals surface area contributed by atoms with Crippen LogP contribution in [0.25, 0.3) is 0 Å². The summed E-state index contributed by atoms with van der Waals surface area (Å²) in [5.41, 5.74) is -0.230. The third-order valence-electron chi connectivity index (χ3n) is 3.16. The van der Waals surface area contributed by atoms with Gasteiger partial charge >= 0.3 is 5.69 Å². The minimum atomic E-state index is -0.477. The van der Waals surface area contributed by atoms with E-state index in [1.165, 1.54) is 32.1 Å². The Morgan fingerprint density at radius 2 is 2.24 bits per heavy atom. The van der Waals surface area contributed by atoms with Crippen molar-refractivity contribution in [2.45, 2.75) is 32.1 Å². The molecular weight excluding hydrogens is 216 g/mol. The van der Waals surface area contributed by atoms with Gasteiger partial charge in [0.25, 0.3) is 0 Å². The summed E-state index contributed by atoms with van der Waals surface area (Å²) in [6.07, 6.45) is 6.39. The molecule has 1 saturated carbocycles. The molecule has 0 aromatic carbocycles. The van der Waals surface area contributed by atoms with Crippen LogP contribution in [0.15, 0.2) is 10.9 Å². The smallest absolute Gasteiger partial charge is 0.347 e. The van der Waals surface area contributed by atoms with E-state index in [2.05, 4.69) is 15.3 Å². The van der Waals surface area contributed by atoms with Crippen molar-refractivity contribution in [3.8, 4) is 6.07 Å². The molecule has 90 valence electrons. The normalized spacial score (nSPS) is 16.4. The van der Waals surface area contributed by atoms with Gasteiger partial charge in [-0.25, -0.2) is 4.79 Å². The predicted molar refractivity (Wildman–Crippen MR) is 64.6 cm³/mol. The molecular formula is C12H16N4O. The highest BCUT2D eigenvalue weighted by molar-refractivity contribution is 5.38. The Balaban J connectivity index is 1.96. The van der Waals surface area contributed by atoms with E-state index in [1.807, 2.05) is 6.07 Å². The van der Waals surface area contributed by atoms with Crippen molar-refractivity contribution in [1.82, 2.24) is 9.97 Å². The van der Waals surface area contributed by atoms with Crippen molar-refractivity contribution in [1.29, 1.82) is 5.26 Å². The van der Waals surface area contributed by atoms with Gasteiger partial charge in [0.2, 0.25) is 0 Å². The summed E-state index contributed by atoms with van der Waals surface area (Å²) in [7, 11) is 0. The number of hydrogen-bond donors (Lipinski definition) is 2. The molecule has 0 saturated heterocycles. The number of nitrogens with zero attached hydrogens (tertiary/aromatic N) is 2. The first-order valence-electron chi connectivity index (χ1n) is 6.03. The molecule has 17 heavy (non-hydrogen) atoms. The van der Waals surface area contributed by atoms with Gasteiger partial charge in [-0.1, -0.05) is 19.3 Å². The highest BCUT2D eigenvalue weighted by Gasteiger charge is 2.13. The van der Waals surface area contributed by atoms with Crippen LogP contribution in [-0.2, 0) is 0 Å². The SMILES string of the molecule is N#Cc1cc(NCC2CCCCC2)nc(=O)[nH]1. The predicted octanol–water partition coefficient (Wildman–Crippen LogP) is 1.63. The first kappa shape index (κ1) is 11.6. The summed E-state index contributed by atoms with van der Waals surface area (Å²) in [5, 5.41) is 11.9. The van der Waals surface area contributed by atoms with Gasteiger partial charge in [0.1, 0.15) is 17.6 Å². The lowest BCUT2D eigenvalue weighted by atomic mass is 9.89. The van der Waals surface area contributed by atoms with Gasteiger partial charge in [0.05, 0.1) is 0 Å². The molecule has 2 rings (SSSR count). The Bertz CT molecular complexity index is 468. The Morgan fingerprint density at radius 3 is 2.94 bits per heavy atom. The van der Waals surface area contributed by atoms with E-state index in [0.717, 1.165) is 6.54 Å². The fraction of sp³-hybridized carbons (Fsp3) is 0.583. The van der Waals surface area contributed by atoms with Crippen LogP contribution in [0.2, 0.25) is 0 Å². The summed E-state index contributed by atoms with van der Waals surface area (Å²) in [6, 6.07) is 3.48. The van der Waals surface area contributed by atoms with Gasteiger partial charge in [0.15, 0.2) is 0 Å². The zero-order valence-corrected chi connectivity index (χ0v) is 9.70. The van der Waals surface area contributed by atoms with Crippen LogP contribution in [0, 0.1) is 17.2 Å². The maximum Gasteiger partial charge on any atom is 0.347 e. The number of nitriles is 1. The number of aromatic amines is 1. The van der Waals surface area contributed by atoms with Gasteiger partial charge in [-0.2, -0.15) is 10.2 Å². The molecule has 1 aromatic heterocycles. The Hall–Kier alpha value is -1.83. The molecule has 2 N–H and O–H groups in total. The zero-order chi connectivity index (χ0) is 12.1. The minimum absolute atomic E-state index is 0.246. The van der Waals surface area contributed by atoms with Gasteiger partial charge < -0.3 is 5.32 Å². The second kappa shape index (κ2) is 5.48. The lowest BCUT2D eigenvalue weighted by Gasteiger charge is -2.21. The molecule has 0 spiro atoms. The first-order chi connectivity index (χ1) is 8.28. The van der Waals surface area contributed by atoms with Crippen molar-refractivity contribution in [3.05, 3.63) is 22.2 Å². The van der Waals surface area contributed by atoms with Crippen molar-refractivity contribution >= 4 is 5.82 Å². The molecule has 0 aliphatic heterocycles. The monoisotopic (exact) mass is 232 g/mol. The van der Waals surface area contributed by atoms with E-state index in [0.29, 0.717) is 11.7 Å². The van der Waals surface area contributed by atoms with Crippen molar-refractivity contribution in [2.24, 2.45) is 5.92 Å². The van der Waals surface area contributed by atoms with Gasteiger partial charge in [-0.3, -0.25) is 4.98 Å². The third kappa shape index (κ3) is 3.31. The highest BCUT2D eigenvalue weighted by atomic mass is 16.1. The lowest BCUT2D eigenvalue weighted by molar-refractivity contribution is 0.373. The fourth-order valence-corrected chi connectivity index (χ4v) is 2.25. The summed E-state index contributed by atoms with van der Waals surface area (Å²) < 4.78 is 0. The molecule has 5 heteroatoms. The lowest BCUT2D eigenvalue weighted by Crippen LogP contribution is -2.20. The molecule has 1 aliphatic carbocycles. The van der Waals surface area contributed by atoms with Gasteiger partial charge in [-0.05, 0) is 18.8 Å². The summed E-state index contributed by atoms with van der Waals surface area (Å²) in [6.45, 7) is 0.835. The summed E-state index contributed by atoms with van der Waals surface area (Å²) in [4.78, 5) is 17.3. The average molecular weight is 232 g/mol. The van der Waals surface area contributed by atoms with Crippen LogP contribution in [-0.4, -0.2) is 16.5 Å². The molecule has 0 bridgehead atoms. The molecule has 0 atom stereocenters. The maximum absolute atomic E-state index is 11.2. The quantitative estimate of drug-likeness (QED) is 0.830. The van der Waals surface area contributed by atoms with Gasteiger partial charge in [-0.15, -0.1) is 0 Å². The molecule has 0 unspecified atom stereocenters. The molecule has 1 fully saturated rings. The largest absolute Gasteiger partial charge is 0.370 e. The highest BCUT2D eigenvalue weighted by Crippen LogP contribution is 2.23. The Kier molecular flexibility index (Phi) is 3.76.